The molecule has 0 aromatic heterocycles. The summed E-state index contributed by atoms with van der Waals surface area (Å²) in [6.45, 7) is 4.95. The lowest BCUT2D eigenvalue weighted by Gasteiger charge is -2.26. The monoisotopic (exact) mass is 388 g/mol. The van der Waals surface area contributed by atoms with Gasteiger partial charge in [0.25, 0.3) is 0 Å². The Balaban J connectivity index is 1.35. The highest BCUT2D eigenvalue weighted by Crippen LogP contribution is 2.16. The van der Waals surface area contributed by atoms with Gasteiger partial charge in [-0.15, -0.1) is 0 Å². The van der Waals surface area contributed by atoms with Gasteiger partial charge in [-0.3, -0.25) is 9.69 Å². The Hall–Kier alpha value is -2.08. The number of ether oxygens (including phenoxy) is 2. The second kappa shape index (κ2) is 10.3. The molecule has 2 aromatic carbocycles. The van der Waals surface area contributed by atoms with E-state index in [-0.39, 0.29) is 5.91 Å². The zero-order valence-electron chi connectivity index (χ0n) is 15.3. The molecule has 144 valence electrons. The van der Waals surface area contributed by atoms with Crippen LogP contribution in [0.5, 0.6) is 5.75 Å². The highest BCUT2D eigenvalue weighted by molar-refractivity contribution is 6.30. The molecule has 0 spiro atoms. The Kier molecular flexibility index (Phi) is 7.51. The number of anilines is 1. The first-order chi connectivity index (χ1) is 13.2. The fourth-order valence-electron chi connectivity index (χ4n) is 2.89. The van der Waals surface area contributed by atoms with E-state index in [1.165, 1.54) is 5.56 Å². The fourth-order valence-corrected chi connectivity index (χ4v) is 3.01. The molecule has 0 bridgehead atoms. The minimum atomic E-state index is -0.00404. The van der Waals surface area contributed by atoms with Crippen molar-refractivity contribution in [1.29, 1.82) is 0 Å². The summed E-state index contributed by atoms with van der Waals surface area (Å²) in [5, 5.41) is 3.61. The minimum absolute atomic E-state index is 0.00404. The van der Waals surface area contributed by atoms with Crippen LogP contribution in [0.4, 0.5) is 5.69 Å². The number of amides is 1. The van der Waals surface area contributed by atoms with Crippen molar-refractivity contribution < 1.29 is 14.3 Å². The molecule has 1 N–H and O–H groups in total. The lowest BCUT2D eigenvalue weighted by atomic mass is 10.2. The molecule has 5 nitrogen and oxygen atoms in total. The number of hydrogen-bond donors (Lipinski definition) is 1. The number of nitrogens with one attached hydrogen (secondary N) is 1. The standard InChI is InChI=1S/C21H25ClN2O3/c22-18-5-9-20(10-6-18)27-13-1-2-21(25)23-19-7-3-17(4-8-19)16-24-11-14-26-15-12-24/h3-10H,1-2,11-16H2,(H,23,25). The van der Waals surface area contributed by atoms with E-state index in [9.17, 15) is 4.79 Å². The smallest absolute Gasteiger partial charge is 0.224 e. The van der Waals surface area contributed by atoms with Gasteiger partial charge in [-0.05, 0) is 48.4 Å². The molecule has 6 heteroatoms. The van der Waals surface area contributed by atoms with Gasteiger partial charge < -0.3 is 14.8 Å². The fraction of sp³-hybridized carbons (Fsp3) is 0.381. The molecule has 0 aliphatic carbocycles. The Morgan fingerprint density at radius 2 is 1.78 bits per heavy atom. The molecule has 1 fully saturated rings. The van der Waals surface area contributed by atoms with Crippen LogP contribution in [-0.2, 0) is 16.1 Å². The van der Waals surface area contributed by atoms with Gasteiger partial charge in [0.15, 0.2) is 0 Å². The Morgan fingerprint density at radius 1 is 1.07 bits per heavy atom. The highest BCUT2D eigenvalue weighted by Gasteiger charge is 2.10. The van der Waals surface area contributed by atoms with Gasteiger partial charge in [-0.2, -0.15) is 0 Å². The molecule has 0 radical (unpaired) electrons. The molecule has 1 saturated heterocycles. The number of halogens is 1. The first-order valence-corrected chi connectivity index (χ1v) is 9.64. The molecule has 1 aliphatic heterocycles. The maximum Gasteiger partial charge on any atom is 0.224 e. The molecule has 2 aromatic rings. The minimum Gasteiger partial charge on any atom is -0.494 e. The van der Waals surface area contributed by atoms with E-state index in [2.05, 4.69) is 22.3 Å². The third-order valence-electron chi connectivity index (χ3n) is 4.38. The lowest BCUT2D eigenvalue weighted by Crippen LogP contribution is -2.35. The van der Waals surface area contributed by atoms with E-state index < -0.39 is 0 Å². The van der Waals surface area contributed by atoms with Crippen LogP contribution in [0.3, 0.4) is 0 Å². The number of carbonyl (C=O) groups excluding carboxylic acids is 1. The number of rotatable bonds is 8. The molecule has 0 saturated carbocycles. The van der Waals surface area contributed by atoms with Gasteiger partial charge in [0.05, 0.1) is 19.8 Å². The summed E-state index contributed by atoms with van der Waals surface area (Å²) in [4.78, 5) is 14.4. The highest BCUT2D eigenvalue weighted by atomic mass is 35.5. The van der Waals surface area contributed by atoms with E-state index in [0.717, 1.165) is 44.3 Å². The molecule has 0 atom stereocenters. The number of carbonyl (C=O) groups is 1. The SMILES string of the molecule is O=C(CCCOc1ccc(Cl)cc1)Nc1ccc(CN2CCOCC2)cc1. The number of morpholine rings is 1. The first kappa shape index (κ1) is 19.7. The van der Waals surface area contributed by atoms with Gasteiger partial charge in [0.1, 0.15) is 5.75 Å². The van der Waals surface area contributed by atoms with Crippen molar-refractivity contribution in [3.05, 3.63) is 59.1 Å². The van der Waals surface area contributed by atoms with Gasteiger partial charge in [-0.25, -0.2) is 0 Å². The largest absolute Gasteiger partial charge is 0.494 e. The summed E-state index contributed by atoms with van der Waals surface area (Å²) in [7, 11) is 0. The number of hydrogen-bond acceptors (Lipinski definition) is 4. The molecule has 1 aliphatic rings. The van der Waals surface area contributed by atoms with Crippen molar-refractivity contribution >= 4 is 23.2 Å². The van der Waals surface area contributed by atoms with Crippen LogP contribution < -0.4 is 10.1 Å². The van der Waals surface area contributed by atoms with Crippen molar-refractivity contribution in [3.63, 3.8) is 0 Å². The van der Waals surface area contributed by atoms with Crippen molar-refractivity contribution in [2.45, 2.75) is 19.4 Å². The number of benzene rings is 2. The lowest BCUT2D eigenvalue weighted by molar-refractivity contribution is -0.116. The van der Waals surface area contributed by atoms with Crippen molar-refractivity contribution in [2.75, 3.05) is 38.2 Å². The van der Waals surface area contributed by atoms with Gasteiger partial charge in [0, 0.05) is 36.8 Å². The average molecular weight is 389 g/mol. The first-order valence-electron chi connectivity index (χ1n) is 9.26. The zero-order valence-corrected chi connectivity index (χ0v) is 16.1. The summed E-state index contributed by atoms with van der Waals surface area (Å²) in [6.07, 6.45) is 1.08. The maximum absolute atomic E-state index is 12.1. The summed E-state index contributed by atoms with van der Waals surface area (Å²) in [5.41, 5.74) is 2.07. The summed E-state index contributed by atoms with van der Waals surface area (Å²) < 4.78 is 11.0. The van der Waals surface area contributed by atoms with Crippen molar-refractivity contribution in [1.82, 2.24) is 4.90 Å². The topological polar surface area (TPSA) is 50.8 Å². The van der Waals surface area contributed by atoms with E-state index in [1.54, 1.807) is 12.1 Å². The van der Waals surface area contributed by atoms with Crippen molar-refractivity contribution in [2.24, 2.45) is 0 Å². The van der Waals surface area contributed by atoms with Crippen LogP contribution >= 0.6 is 11.6 Å². The molecular weight excluding hydrogens is 364 g/mol. The summed E-state index contributed by atoms with van der Waals surface area (Å²) in [6, 6.07) is 15.2. The maximum atomic E-state index is 12.1. The van der Waals surface area contributed by atoms with E-state index in [1.807, 2.05) is 24.3 Å². The Labute approximate surface area is 165 Å². The third kappa shape index (κ3) is 6.86. The van der Waals surface area contributed by atoms with Crippen LogP contribution in [0, 0.1) is 0 Å². The van der Waals surface area contributed by atoms with E-state index in [0.29, 0.717) is 24.5 Å². The van der Waals surface area contributed by atoms with Crippen LogP contribution in [0.25, 0.3) is 0 Å². The molecule has 3 rings (SSSR count). The predicted molar refractivity (Wildman–Crippen MR) is 107 cm³/mol. The Bertz CT molecular complexity index is 713. The van der Waals surface area contributed by atoms with Gasteiger partial charge >= 0.3 is 0 Å². The Morgan fingerprint density at radius 3 is 2.48 bits per heavy atom. The normalized spacial score (nSPS) is 14.7. The molecule has 27 heavy (non-hydrogen) atoms. The molecular formula is C21H25ClN2O3. The van der Waals surface area contributed by atoms with Crippen LogP contribution in [0.2, 0.25) is 5.02 Å². The van der Waals surface area contributed by atoms with Crippen LogP contribution in [0.15, 0.2) is 48.5 Å². The van der Waals surface area contributed by atoms with Crippen LogP contribution in [-0.4, -0.2) is 43.7 Å². The average Bonchev–Trinajstić information content (AvgIpc) is 2.69. The zero-order chi connectivity index (χ0) is 18.9. The van der Waals surface area contributed by atoms with E-state index in [4.69, 9.17) is 21.1 Å². The predicted octanol–water partition coefficient (Wildman–Crippen LogP) is 3.97. The van der Waals surface area contributed by atoms with Crippen LogP contribution in [0.1, 0.15) is 18.4 Å². The summed E-state index contributed by atoms with van der Waals surface area (Å²) >= 11 is 5.83. The van der Waals surface area contributed by atoms with Gasteiger partial charge in [-0.1, -0.05) is 23.7 Å². The second-order valence-corrected chi connectivity index (χ2v) is 6.98. The molecule has 0 unspecified atom stereocenters. The van der Waals surface area contributed by atoms with Gasteiger partial charge in [0.2, 0.25) is 5.91 Å². The quantitative estimate of drug-likeness (QED) is 0.695. The third-order valence-corrected chi connectivity index (χ3v) is 4.63. The second-order valence-electron chi connectivity index (χ2n) is 6.54. The van der Waals surface area contributed by atoms with E-state index >= 15 is 0 Å². The summed E-state index contributed by atoms with van der Waals surface area (Å²) in [5.74, 6) is 0.756. The molecule has 1 heterocycles. The number of nitrogens with zero attached hydrogens (tertiary/aromatic N) is 1. The van der Waals surface area contributed by atoms with Crippen molar-refractivity contribution in [3.8, 4) is 5.75 Å². The molecule has 1 amide bonds.